The highest BCUT2D eigenvalue weighted by Crippen LogP contribution is 2.30. The van der Waals surface area contributed by atoms with Crippen LogP contribution >= 0.6 is 0 Å². The van der Waals surface area contributed by atoms with Crippen LogP contribution in [0.15, 0.2) is 0 Å². The first-order chi connectivity index (χ1) is 5.36. The van der Waals surface area contributed by atoms with Crippen LogP contribution in [-0.2, 0) is 0 Å². The summed E-state index contributed by atoms with van der Waals surface area (Å²) >= 11 is 0. The fourth-order valence-corrected chi connectivity index (χ4v) is 2.29. The lowest BCUT2D eigenvalue weighted by molar-refractivity contribution is 0.258. The maximum absolute atomic E-state index is 5.66. The van der Waals surface area contributed by atoms with Crippen molar-refractivity contribution < 1.29 is 0 Å². The third-order valence-electron chi connectivity index (χ3n) is 2.92. The molecule has 2 N–H and O–H groups in total. The summed E-state index contributed by atoms with van der Waals surface area (Å²) in [6.45, 7) is 3.20. The van der Waals surface area contributed by atoms with E-state index in [4.69, 9.17) is 5.73 Å². The maximum Gasteiger partial charge on any atom is -0.00488 e. The highest BCUT2D eigenvalue weighted by atomic mass is 14.6. The Morgan fingerprint density at radius 3 is 2.64 bits per heavy atom. The molecule has 0 spiro atoms. The standard InChI is InChI=1S/C10H21N/c1-2-4-9-5-3-6-10(7-9)8-11/h9-10H,2-8,11H2,1H3. The fraction of sp³-hybridized carbons (Fsp3) is 1.00. The van der Waals surface area contributed by atoms with Gasteiger partial charge in [-0.05, 0) is 31.2 Å². The third-order valence-corrected chi connectivity index (χ3v) is 2.92. The second-order valence-electron chi connectivity index (χ2n) is 3.92. The molecule has 1 nitrogen and oxygen atoms in total. The lowest BCUT2D eigenvalue weighted by atomic mass is 9.79. The van der Waals surface area contributed by atoms with Crippen LogP contribution in [0.1, 0.15) is 45.4 Å². The summed E-state index contributed by atoms with van der Waals surface area (Å²) in [4.78, 5) is 0. The minimum atomic E-state index is 0.847. The molecule has 0 aliphatic heterocycles. The lowest BCUT2D eigenvalue weighted by Gasteiger charge is -2.27. The SMILES string of the molecule is CCCC1CCCC(CN)C1. The number of nitrogens with two attached hydrogens (primary N) is 1. The molecule has 0 aromatic carbocycles. The average molecular weight is 155 g/mol. The van der Waals surface area contributed by atoms with Crippen LogP contribution < -0.4 is 5.73 Å². The summed E-state index contributed by atoms with van der Waals surface area (Å²) in [7, 11) is 0. The van der Waals surface area contributed by atoms with Crippen LogP contribution in [-0.4, -0.2) is 6.54 Å². The van der Waals surface area contributed by atoms with Gasteiger partial charge in [0, 0.05) is 0 Å². The van der Waals surface area contributed by atoms with Crippen molar-refractivity contribution in [2.75, 3.05) is 6.54 Å². The smallest absolute Gasteiger partial charge is 0.00488 e. The molecule has 1 aliphatic rings. The fourth-order valence-electron chi connectivity index (χ4n) is 2.29. The molecule has 0 heterocycles. The quantitative estimate of drug-likeness (QED) is 0.666. The first kappa shape index (κ1) is 9.05. The molecule has 0 radical (unpaired) electrons. The van der Waals surface area contributed by atoms with Gasteiger partial charge in [0.15, 0.2) is 0 Å². The van der Waals surface area contributed by atoms with Crippen molar-refractivity contribution in [1.29, 1.82) is 0 Å². The molecule has 1 fully saturated rings. The molecule has 1 aliphatic carbocycles. The molecule has 11 heavy (non-hydrogen) atoms. The zero-order chi connectivity index (χ0) is 8.10. The van der Waals surface area contributed by atoms with E-state index in [0.717, 1.165) is 18.4 Å². The number of hydrogen-bond acceptors (Lipinski definition) is 1. The van der Waals surface area contributed by atoms with E-state index in [0.29, 0.717) is 0 Å². The predicted molar refractivity (Wildman–Crippen MR) is 49.4 cm³/mol. The highest BCUT2D eigenvalue weighted by Gasteiger charge is 2.19. The molecule has 0 amide bonds. The van der Waals surface area contributed by atoms with Crippen molar-refractivity contribution in [3.05, 3.63) is 0 Å². The van der Waals surface area contributed by atoms with Crippen LogP contribution in [0.4, 0.5) is 0 Å². The van der Waals surface area contributed by atoms with Gasteiger partial charge in [-0.1, -0.05) is 32.6 Å². The zero-order valence-electron chi connectivity index (χ0n) is 7.68. The molecule has 0 aromatic heterocycles. The second kappa shape index (κ2) is 4.76. The summed E-state index contributed by atoms with van der Waals surface area (Å²) in [5.74, 6) is 1.85. The molecule has 1 heteroatoms. The molecule has 2 atom stereocenters. The Labute approximate surface area is 70.4 Å². The van der Waals surface area contributed by atoms with Crippen LogP contribution in [0, 0.1) is 11.8 Å². The number of hydrogen-bond donors (Lipinski definition) is 1. The molecule has 0 aromatic rings. The Morgan fingerprint density at radius 2 is 2.00 bits per heavy atom. The average Bonchev–Trinajstić information content (AvgIpc) is 2.06. The number of rotatable bonds is 3. The summed E-state index contributed by atoms with van der Waals surface area (Å²) in [5.41, 5.74) is 5.66. The molecular weight excluding hydrogens is 134 g/mol. The molecule has 1 rings (SSSR count). The second-order valence-corrected chi connectivity index (χ2v) is 3.92. The van der Waals surface area contributed by atoms with Gasteiger partial charge in [-0.3, -0.25) is 0 Å². The lowest BCUT2D eigenvalue weighted by Crippen LogP contribution is -2.22. The summed E-state index contributed by atoms with van der Waals surface area (Å²) in [5, 5.41) is 0. The van der Waals surface area contributed by atoms with E-state index in [2.05, 4.69) is 6.92 Å². The van der Waals surface area contributed by atoms with Gasteiger partial charge >= 0.3 is 0 Å². The molecule has 0 saturated heterocycles. The minimum Gasteiger partial charge on any atom is -0.330 e. The topological polar surface area (TPSA) is 26.0 Å². The van der Waals surface area contributed by atoms with Gasteiger partial charge in [0.1, 0.15) is 0 Å². The van der Waals surface area contributed by atoms with Crippen LogP contribution in [0.3, 0.4) is 0 Å². The molecule has 2 unspecified atom stereocenters. The first-order valence-corrected chi connectivity index (χ1v) is 5.06. The summed E-state index contributed by atoms with van der Waals surface area (Å²) in [6, 6.07) is 0. The van der Waals surface area contributed by atoms with Gasteiger partial charge < -0.3 is 5.73 Å². The van der Waals surface area contributed by atoms with E-state index in [1.165, 1.54) is 38.5 Å². The zero-order valence-corrected chi connectivity index (χ0v) is 7.68. The van der Waals surface area contributed by atoms with E-state index in [1.807, 2.05) is 0 Å². The van der Waals surface area contributed by atoms with E-state index in [-0.39, 0.29) is 0 Å². The maximum atomic E-state index is 5.66. The van der Waals surface area contributed by atoms with Crippen molar-refractivity contribution in [2.24, 2.45) is 17.6 Å². The van der Waals surface area contributed by atoms with Crippen LogP contribution in [0.2, 0.25) is 0 Å². The predicted octanol–water partition coefficient (Wildman–Crippen LogP) is 2.55. The highest BCUT2D eigenvalue weighted by molar-refractivity contribution is 4.73. The van der Waals surface area contributed by atoms with E-state index >= 15 is 0 Å². The van der Waals surface area contributed by atoms with E-state index in [9.17, 15) is 0 Å². The van der Waals surface area contributed by atoms with Crippen LogP contribution in [0.25, 0.3) is 0 Å². The largest absolute Gasteiger partial charge is 0.330 e. The van der Waals surface area contributed by atoms with Gasteiger partial charge in [-0.25, -0.2) is 0 Å². The van der Waals surface area contributed by atoms with Crippen molar-refractivity contribution in [1.82, 2.24) is 0 Å². The van der Waals surface area contributed by atoms with Gasteiger partial charge in [0.05, 0.1) is 0 Å². The molecule has 0 bridgehead atoms. The minimum absolute atomic E-state index is 0.847. The monoisotopic (exact) mass is 155 g/mol. The van der Waals surface area contributed by atoms with Gasteiger partial charge in [0.2, 0.25) is 0 Å². The Morgan fingerprint density at radius 1 is 1.27 bits per heavy atom. The Balaban J connectivity index is 2.21. The molecule has 1 saturated carbocycles. The van der Waals surface area contributed by atoms with Gasteiger partial charge in [0.25, 0.3) is 0 Å². The van der Waals surface area contributed by atoms with E-state index in [1.54, 1.807) is 0 Å². The summed E-state index contributed by atoms with van der Waals surface area (Å²) < 4.78 is 0. The van der Waals surface area contributed by atoms with Gasteiger partial charge in [-0.2, -0.15) is 0 Å². The first-order valence-electron chi connectivity index (χ1n) is 5.06. The van der Waals surface area contributed by atoms with Crippen molar-refractivity contribution in [3.8, 4) is 0 Å². The Kier molecular flexibility index (Phi) is 3.92. The van der Waals surface area contributed by atoms with Gasteiger partial charge in [-0.15, -0.1) is 0 Å². The molecular formula is C10H21N. The Bertz CT molecular complexity index is 99.0. The Hall–Kier alpha value is -0.0400. The van der Waals surface area contributed by atoms with Crippen molar-refractivity contribution in [3.63, 3.8) is 0 Å². The van der Waals surface area contributed by atoms with Crippen molar-refractivity contribution in [2.45, 2.75) is 45.4 Å². The third kappa shape index (κ3) is 2.82. The van der Waals surface area contributed by atoms with E-state index < -0.39 is 0 Å². The van der Waals surface area contributed by atoms with Crippen molar-refractivity contribution >= 4 is 0 Å². The van der Waals surface area contributed by atoms with Crippen LogP contribution in [0.5, 0.6) is 0 Å². The molecule has 66 valence electrons. The normalized spacial score (nSPS) is 32.2. The summed E-state index contributed by atoms with van der Waals surface area (Å²) in [6.07, 6.45) is 8.45.